The maximum Gasteiger partial charge on any atom is 0.259 e. The third-order valence-corrected chi connectivity index (χ3v) is 4.56. The van der Waals surface area contributed by atoms with Crippen molar-refractivity contribution in [2.24, 2.45) is 5.73 Å². The second-order valence-electron chi connectivity index (χ2n) is 4.49. The summed E-state index contributed by atoms with van der Waals surface area (Å²) in [4.78, 5) is 16.1. The number of halogens is 1. The molecule has 21 heavy (non-hydrogen) atoms. The molecule has 0 fully saturated rings. The third-order valence-electron chi connectivity index (χ3n) is 3.07. The molecule has 106 valence electrons. The average Bonchev–Trinajstić information content (AvgIpc) is 2.80. The summed E-state index contributed by atoms with van der Waals surface area (Å²) >= 11 is 7.18. The minimum Gasteiger partial charge on any atom is -0.455 e. The second kappa shape index (κ2) is 5.35. The Kier molecular flexibility index (Phi) is 3.53. The average molecular weight is 319 g/mol. The fourth-order valence-corrected chi connectivity index (χ4v) is 3.28. The van der Waals surface area contributed by atoms with Crippen LogP contribution in [0.25, 0.3) is 10.1 Å². The Bertz CT molecular complexity index is 828. The van der Waals surface area contributed by atoms with Gasteiger partial charge in [0.15, 0.2) is 5.75 Å². The highest BCUT2D eigenvalue weighted by Crippen LogP contribution is 2.38. The maximum absolute atomic E-state index is 11.5. The van der Waals surface area contributed by atoms with Crippen LogP contribution in [0, 0.1) is 6.92 Å². The number of fused-ring (bicyclic) bond motifs is 1. The maximum atomic E-state index is 11.5. The highest BCUT2D eigenvalue weighted by molar-refractivity contribution is 7.21. The van der Waals surface area contributed by atoms with E-state index in [-0.39, 0.29) is 0 Å². The molecule has 0 spiro atoms. The first-order valence-electron chi connectivity index (χ1n) is 6.16. The van der Waals surface area contributed by atoms with E-state index in [2.05, 4.69) is 4.98 Å². The zero-order valence-electron chi connectivity index (χ0n) is 11.1. The molecule has 0 aliphatic heterocycles. The summed E-state index contributed by atoms with van der Waals surface area (Å²) in [5.74, 6) is 0.808. The number of primary amides is 1. The number of carbonyl (C=O) groups excluding carboxylic acids is 1. The molecule has 6 heteroatoms. The van der Waals surface area contributed by atoms with Gasteiger partial charge in [-0.15, -0.1) is 11.3 Å². The van der Waals surface area contributed by atoms with Crippen molar-refractivity contribution >= 4 is 38.9 Å². The molecular weight excluding hydrogens is 308 g/mol. The predicted molar refractivity (Wildman–Crippen MR) is 84.4 cm³/mol. The quantitative estimate of drug-likeness (QED) is 0.789. The van der Waals surface area contributed by atoms with Crippen molar-refractivity contribution in [3.63, 3.8) is 0 Å². The standard InChI is InChI=1S/C15H11ClN2O2S/c1-8-13-11(20-10-4-2-9(16)3-5-10)6-18-7-12(13)21-14(8)15(17)19/h2-7H,1H3,(H2,17,19). The number of pyridine rings is 1. The molecule has 0 aliphatic carbocycles. The summed E-state index contributed by atoms with van der Waals surface area (Å²) in [6.45, 7) is 1.85. The van der Waals surface area contributed by atoms with Gasteiger partial charge in [0.2, 0.25) is 0 Å². The lowest BCUT2D eigenvalue weighted by molar-refractivity contribution is 0.100. The van der Waals surface area contributed by atoms with Crippen LogP contribution in [0.4, 0.5) is 0 Å². The van der Waals surface area contributed by atoms with Crippen LogP contribution in [0.5, 0.6) is 11.5 Å². The smallest absolute Gasteiger partial charge is 0.259 e. The fourth-order valence-electron chi connectivity index (χ4n) is 2.11. The molecule has 2 N–H and O–H groups in total. The Labute approximate surface area is 130 Å². The van der Waals surface area contributed by atoms with Crippen molar-refractivity contribution in [3.05, 3.63) is 52.1 Å². The van der Waals surface area contributed by atoms with Crippen LogP contribution in [-0.2, 0) is 0 Å². The van der Waals surface area contributed by atoms with Gasteiger partial charge in [0.1, 0.15) is 5.75 Å². The first-order chi connectivity index (χ1) is 10.1. The summed E-state index contributed by atoms with van der Waals surface area (Å²) in [6.07, 6.45) is 3.33. The van der Waals surface area contributed by atoms with Crippen LogP contribution >= 0.6 is 22.9 Å². The van der Waals surface area contributed by atoms with Crippen molar-refractivity contribution in [2.45, 2.75) is 6.92 Å². The zero-order chi connectivity index (χ0) is 15.0. The van der Waals surface area contributed by atoms with E-state index in [1.165, 1.54) is 11.3 Å². The van der Waals surface area contributed by atoms with Crippen molar-refractivity contribution in [2.75, 3.05) is 0 Å². The molecule has 2 heterocycles. The number of benzene rings is 1. The largest absolute Gasteiger partial charge is 0.455 e. The van der Waals surface area contributed by atoms with Crippen molar-refractivity contribution in [1.29, 1.82) is 0 Å². The topological polar surface area (TPSA) is 65.2 Å². The summed E-state index contributed by atoms with van der Waals surface area (Å²) in [6, 6.07) is 7.05. The molecule has 0 saturated heterocycles. The van der Waals surface area contributed by atoms with Gasteiger partial charge in [0.25, 0.3) is 5.91 Å². The molecule has 0 radical (unpaired) electrons. The number of carbonyl (C=O) groups is 1. The number of rotatable bonds is 3. The second-order valence-corrected chi connectivity index (χ2v) is 5.98. The highest BCUT2D eigenvalue weighted by Gasteiger charge is 2.17. The van der Waals surface area contributed by atoms with Gasteiger partial charge < -0.3 is 10.5 Å². The van der Waals surface area contributed by atoms with Gasteiger partial charge >= 0.3 is 0 Å². The number of nitrogens with two attached hydrogens (primary N) is 1. The lowest BCUT2D eigenvalue weighted by atomic mass is 10.1. The Morgan fingerprint density at radius 3 is 2.67 bits per heavy atom. The van der Waals surface area contributed by atoms with Gasteiger partial charge in [0.05, 0.1) is 15.8 Å². The van der Waals surface area contributed by atoms with E-state index in [4.69, 9.17) is 22.1 Å². The SMILES string of the molecule is Cc1c(C(N)=O)sc2cncc(Oc3ccc(Cl)cc3)c12. The van der Waals surface area contributed by atoms with Crippen molar-refractivity contribution in [1.82, 2.24) is 4.98 Å². The summed E-state index contributed by atoms with van der Waals surface area (Å²) < 4.78 is 6.72. The molecule has 1 amide bonds. The fraction of sp³-hybridized carbons (Fsp3) is 0.0667. The third kappa shape index (κ3) is 2.57. The summed E-state index contributed by atoms with van der Waals surface area (Å²) in [5, 5.41) is 1.50. The van der Waals surface area contributed by atoms with Crippen LogP contribution in [0.2, 0.25) is 5.02 Å². The van der Waals surface area contributed by atoms with Gasteiger partial charge in [-0.2, -0.15) is 0 Å². The highest BCUT2D eigenvalue weighted by atomic mass is 35.5. The van der Waals surface area contributed by atoms with Crippen LogP contribution in [0.15, 0.2) is 36.7 Å². The molecule has 3 rings (SSSR count). The number of aryl methyl sites for hydroxylation is 1. The van der Waals surface area contributed by atoms with Gasteiger partial charge in [-0.3, -0.25) is 9.78 Å². The Balaban J connectivity index is 2.10. The zero-order valence-corrected chi connectivity index (χ0v) is 12.7. The Hall–Kier alpha value is -2.11. The summed E-state index contributed by atoms with van der Waals surface area (Å²) in [5.41, 5.74) is 6.21. The number of ether oxygens (including phenoxy) is 1. The molecule has 2 aromatic heterocycles. The van der Waals surface area contributed by atoms with Gasteiger partial charge in [-0.25, -0.2) is 0 Å². The number of aromatic nitrogens is 1. The van der Waals surface area contributed by atoms with E-state index in [9.17, 15) is 4.79 Å². The van der Waals surface area contributed by atoms with E-state index < -0.39 is 5.91 Å². The molecule has 4 nitrogen and oxygen atoms in total. The number of amides is 1. The first kappa shape index (κ1) is 13.9. The van der Waals surface area contributed by atoms with Crippen LogP contribution < -0.4 is 10.5 Å². The molecule has 0 bridgehead atoms. The monoisotopic (exact) mass is 318 g/mol. The molecule has 0 saturated carbocycles. The number of nitrogens with zero attached hydrogens (tertiary/aromatic N) is 1. The minimum absolute atomic E-state index is 0.439. The molecular formula is C15H11ClN2O2S. The van der Waals surface area contributed by atoms with Gasteiger partial charge in [-0.1, -0.05) is 11.6 Å². The summed E-state index contributed by atoms with van der Waals surface area (Å²) in [7, 11) is 0. The number of thiophene rings is 1. The van der Waals surface area contributed by atoms with Crippen molar-refractivity contribution < 1.29 is 9.53 Å². The molecule has 0 unspecified atom stereocenters. The van der Waals surface area contributed by atoms with E-state index >= 15 is 0 Å². The van der Waals surface area contributed by atoms with Crippen LogP contribution in [0.3, 0.4) is 0 Å². The normalized spacial score (nSPS) is 10.8. The lowest BCUT2D eigenvalue weighted by Gasteiger charge is -2.07. The van der Waals surface area contributed by atoms with E-state index in [0.717, 1.165) is 15.6 Å². The van der Waals surface area contributed by atoms with Gasteiger partial charge in [-0.05, 0) is 36.8 Å². The van der Waals surface area contributed by atoms with Gasteiger partial charge in [0, 0.05) is 16.6 Å². The van der Waals surface area contributed by atoms with Crippen molar-refractivity contribution in [3.8, 4) is 11.5 Å². The number of hydrogen-bond acceptors (Lipinski definition) is 4. The molecule has 0 aliphatic rings. The predicted octanol–water partition coefficient (Wildman–Crippen LogP) is 4.15. The van der Waals surface area contributed by atoms with E-state index in [0.29, 0.717) is 21.4 Å². The molecule has 1 aromatic carbocycles. The van der Waals surface area contributed by atoms with E-state index in [1.54, 1.807) is 36.7 Å². The number of hydrogen-bond donors (Lipinski definition) is 1. The Morgan fingerprint density at radius 1 is 1.29 bits per heavy atom. The minimum atomic E-state index is -0.439. The van der Waals surface area contributed by atoms with E-state index in [1.807, 2.05) is 6.92 Å². The van der Waals surface area contributed by atoms with Crippen LogP contribution in [-0.4, -0.2) is 10.9 Å². The van der Waals surface area contributed by atoms with Crippen LogP contribution in [0.1, 0.15) is 15.2 Å². The molecule has 0 atom stereocenters. The lowest BCUT2D eigenvalue weighted by Crippen LogP contribution is -2.09. The first-order valence-corrected chi connectivity index (χ1v) is 7.36. The Morgan fingerprint density at radius 2 is 2.00 bits per heavy atom. The molecule has 3 aromatic rings.